The van der Waals surface area contributed by atoms with Gasteiger partial charge in [0.25, 0.3) is 0 Å². The average molecular weight is 269 g/mol. The van der Waals surface area contributed by atoms with Crippen LogP contribution in [0, 0.1) is 0 Å². The van der Waals surface area contributed by atoms with Crippen molar-refractivity contribution in [3.05, 3.63) is 48.0 Å². The third-order valence-electron chi connectivity index (χ3n) is 3.91. The number of carbonyl (C=O) groups is 1. The molecular formula is C17H19NO2. The Morgan fingerprint density at radius 1 is 1.20 bits per heavy atom. The predicted octanol–water partition coefficient (Wildman–Crippen LogP) is 3.19. The number of benzene rings is 2. The highest BCUT2D eigenvalue weighted by molar-refractivity contribution is 5.86. The first-order valence-corrected chi connectivity index (χ1v) is 7.09. The van der Waals surface area contributed by atoms with Crippen molar-refractivity contribution in [1.82, 2.24) is 5.32 Å². The fraction of sp³-hybridized carbons (Fsp3) is 0.353. The van der Waals surface area contributed by atoms with Gasteiger partial charge in [-0.1, -0.05) is 42.5 Å². The van der Waals surface area contributed by atoms with E-state index in [2.05, 4.69) is 42.6 Å². The van der Waals surface area contributed by atoms with Crippen molar-refractivity contribution in [3.8, 4) is 0 Å². The van der Waals surface area contributed by atoms with Crippen LogP contribution in [0.15, 0.2) is 42.5 Å². The predicted molar refractivity (Wildman–Crippen MR) is 79.5 cm³/mol. The molecule has 1 heterocycles. The zero-order chi connectivity index (χ0) is 14.1. The van der Waals surface area contributed by atoms with E-state index in [1.165, 1.54) is 16.3 Å². The molecule has 2 aromatic carbocycles. The third-order valence-corrected chi connectivity index (χ3v) is 3.91. The van der Waals surface area contributed by atoms with Crippen molar-refractivity contribution in [1.29, 1.82) is 0 Å². The minimum atomic E-state index is -0.195. The zero-order valence-corrected chi connectivity index (χ0v) is 11.8. The molecule has 3 nitrogen and oxygen atoms in total. The van der Waals surface area contributed by atoms with Gasteiger partial charge in [0.15, 0.2) is 0 Å². The molecule has 0 unspecified atom stereocenters. The minimum absolute atomic E-state index is 0.0136. The maximum absolute atomic E-state index is 11.7. The number of ether oxygens (including phenoxy) is 1. The van der Waals surface area contributed by atoms with Gasteiger partial charge in [0, 0.05) is 12.5 Å². The van der Waals surface area contributed by atoms with Crippen molar-refractivity contribution in [2.75, 3.05) is 0 Å². The number of rotatable bonds is 3. The van der Waals surface area contributed by atoms with Crippen LogP contribution >= 0.6 is 0 Å². The van der Waals surface area contributed by atoms with E-state index in [-0.39, 0.29) is 24.2 Å². The lowest BCUT2D eigenvalue weighted by Gasteiger charge is -2.19. The first-order valence-electron chi connectivity index (χ1n) is 7.09. The topological polar surface area (TPSA) is 38.3 Å². The summed E-state index contributed by atoms with van der Waals surface area (Å²) in [6.07, 6.45) is 0.758. The third kappa shape index (κ3) is 2.41. The number of cyclic esters (lactones) is 1. The summed E-state index contributed by atoms with van der Waals surface area (Å²) in [6.45, 7) is 4.03. The molecule has 3 heteroatoms. The highest BCUT2D eigenvalue weighted by atomic mass is 16.6. The number of nitrogens with one attached hydrogen (secondary N) is 1. The van der Waals surface area contributed by atoms with Crippen LogP contribution in [-0.2, 0) is 9.53 Å². The zero-order valence-electron chi connectivity index (χ0n) is 11.8. The van der Waals surface area contributed by atoms with Crippen LogP contribution in [0.25, 0.3) is 10.8 Å². The van der Waals surface area contributed by atoms with Crippen LogP contribution in [-0.4, -0.2) is 18.1 Å². The maximum Gasteiger partial charge on any atom is 0.323 e. The minimum Gasteiger partial charge on any atom is -0.461 e. The van der Waals surface area contributed by atoms with Gasteiger partial charge < -0.3 is 4.74 Å². The molecule has 0 bridgehead atoms. The fourth-order valence-electron chi connectivity index (χ4n) is 2.91. The largest absolute Gasteiger partial charge is 0.461 e. The standard InChI is InChI=1S/C17H19NO2/c1-11-10-16(17(19)20-11)18-12(2)14-9-5-7-13-6-3-4-8-15(13)14/h3-9,11-12,16,18H,10H2,1-2H3/t11-,12-,16-/m1/s1. The lowest BCUT2D eigenvalue weighted by Crippen LogP contribution is -2.35. The van der Waals surface area contributed by atoms with Crippen LogP contribution < -0.4 is 5.32 Å². The van der Waals surface area contributed by atoms with Gasteiger partial charge in [0.2, 0.25) is 0 Å². The molecule has 1 fully saturated rings. The normalized spacial score (nSPS) is 23.8. The van der Waals surface area contributed by atoms with Crippen LogP contribution in [0.2, 0.25) is 0 Å². The summed E-state index contributed by atoms with van der Waals surface area (Å²) in [6, 6.07) is 14.5. The molecule has 20 heavy (non-hydrogen) atoms. The number of esters is 1. The van der Waals surface area contributed by atoms with Gasteiger partial charge in [-0.05, 0) is 30.2 Å². The van der Waals surface area contributed by atoms with Crippen molar-refractivity contribution in [2.24, 2.45) is 0 Å². The molecule has 1 aliphatic rings. The molecule has 0 spiro atoms. The van der Waals surface area contributed by atoms with Gasteiger partial charge in [-0.3, -0.25) is 10.1 Å². The van der Waals surface area contributed by atoms with Gasteiger partial charge >= 0.3 is 5.97 Å². The van der Waals surface area contributed by atoms with Crippen molar-refractivity contribution >= 4 is 16.7 Å². The van der Waals surface area contributed by atoms with Crippen LogP contribution in [0.4, 0.5) is 0 Å². The lowest BCUT2D eigenvalue weighted by atomic mass is 9.99. The molecule has 3 atom stereocenters. The summed E-state index contributed by atoms with van der Waals surface area (Å²) >= 11 is 0. The summed E-state index contributed by atoms with van der Waals surface area (Å²) in [5, 5.41) is 5.85. The summed E-state index contributed by atoms with van der Waals surface area (Å²) < 4.78 is 5.20. The van der Waals surface area contributed by atoms with Crippen molar-refractivity contribution in [2.45, 2.75) is 38.5 Å². The molecule has 1 aliphatic heterocycles. The summed E-state index contributed by atoms with van der Waals surface area (Å²) in [7, 11) is 0. The molecule has 1 saturated heterocycles. The molecule has 0 aliphatic carbocycles. The SMILES string of the molecule is C[C@@H]1C[C@@H](N[C@H](C)c2cccc3ccccc23)C(=O)O1. The first kappa shape index (κ1) is 13.1. The van der Waals surface area contributed by atoms with E-state index in [1.807, 2.05) is 19.1 Å². The Hall–Kier alpha value is -1.87. The highest BCUT2D eigenvalue weighted by Crippen LogP contribution is 2.26. The second-order valence-electron chi connectivity index (χ2n) is 5.49. The number of hydrogen-bond donors (Lipinski definition) is 1. The molecule has 0 aromatic heterocycles. The quantitative estimate of drug-likeness (QED) is 0.870. The Morgan fingerprint density at radius 2 is 1.95 bits per heavy atom. The molecule has 104 valence electrons. The Bertz CT molecular complexity index is 632. The second-order valence-corrected chi connectivity index (χ2v) is 5.49. The number of hydrogen-bond acceptors (Lipinski definition) is 3. The Balaban J connectivity index is 1.86. The van der Waals surface area contributed by atoms with Gasteiger partial charge in [-0.15, -0.1) is 0 Å². The fourth-order valence-corrected chi connectivity index (χ4v) is 2.91. The van der Waals surface area contributed by atoms with Crippen molar-refractivity contribution in [3.63, 3.8) is 0 Å². The lowest BCUT2D eigenvalue weighted by molar-refractivity contribution is -0.142. The first-order chi connectivity index (χ1) is 9.65. The van der Waals surface area contributed by atoms with Crippen LogP contribution in [0.3, 0.4) is 0 Å². The van der Waals surface area contributed by atoms with E-state index < -0.39 is 0 Å². The van der Waals surface area contributed by atoms with E-state index in [1.54, 1.807) is 0 Å². The van der Waals surface area contributed by atoms with E-state index in [9.17, 15) is 4.79 Å². The molecule has 0 radical (unpaired) electrons. The van der Waals surface area contributed by atoms with Gasteiger partial charge in [-0.2, -0.15) is 0 Å². The number of carbonyl (C=O) groups excluding carboxylic acids is 1. The monoisotopic (exact) mass is 269 g/mol. The van der Waals surface area contributed by atoms with Gasteiger partial charge in [0.1, 0.15) is 12.1 Å². The van der Waals surface area contributed by atoms with E-state index >= 15 is 0 Å². The van der Waals surface area contributed by atoms with Crippen molar-refractivity contribution < 1.29 is 9.53 Å². The summed E-state index contributed by atoms with van der Waals surface area (Å²) in [5.41, 5.74) is 1.22. The molecule has 1 N–H and O–H groups in total. The molecule has 2 aromatic rings. The second kappa shape index (κ2) is 5.25. The van der Waals surface area contributed by atoms with Gasteiger partial charge in [-0.25, -0.2) is 0 Å². The Labute approximate surface area is 118 Å². The van der Waals surface area contributed by atoms with Crippen LogP contribution in [0.5, 0.6) is 0 Å². The highest BCUT2D eigenvalue weighted by Gasteiger charge is 2.32. The van der Waals surface area contributed by atoms with E-state index in [4.69, 9.17) is 4.74 Å². The molecule has 3 rings (SSSR count). The summed E-state index contributed by atoms with van der Waals surface area (Å²) in [5.74, 6) is -0.135. The van der Waals surface area contributed by atoms with E-state index in [0.717, 1.165) is 6.42 Å². The number of fused-ring (bicyclic) bond motifs is 1. The summed E-state index contributed by atoms with van der Waals surface area (Å²) in [4.78, 5) is 11.7. The van der Waals surface area contributed by atoms with Gasteiger partial charge in [0.05, 0.1) is 0 Å². The molecular weight excluding hydrogens is 250 g/mol. The smallest absolute Gasteiger partial charge is 0.323 e. The molecule has 0 amide bonds. The van der Waals surface area contributed by atoms with E-state index in [0.29, 0.717) is 0 Å². The Morgan fingerprint density at radius 3 is 2.70 bits per heavy atom. The Kier molecular flexibility index (Phi) is 3.45. The van der Waals surface area contributed by atoms with Crippen LogP contribution in [0.1, 0.15) is 31.9 Å². The average Bonchev–Trinajstić information content (AvgIpc) is 2.76. The maximum atomic E-state index is 11.7. The molecule has 0 saturated carbocycles.